The lowest BCUT2D eigenvalue weighted by Gasteiger charge is -2.12. The van der Waals surface area contributed by atoms with Gasteiger partial charge in [0.25, 0.3) is 0 Å². The summed E-state index contributed by atoms with van der Waals surface area (Å²) < 4.78 is 0. The van der Waals surface area contributed by atoms with Gasteiger partial charge in [-0.05, 0) is 12.1 Å². The molecule has 0 aliphatic carbocycles. The highest BCUT2D eigenvalue weighted by molar-refractivity contribution is 6.36. The molecule has 3 nitrogen and oxygen atoms in total. The minimum Gasteiger partial charge on any atom is -0.388 e. The van der Waals surface area contributed by atoms with E-state index in [1.54, 1.807) is 30.6 Å². The third kappa shape index (κ3) is 2.38. The Balaban J connectivity index is 2.24. The molecule has 0 amide bonds. The van der Waals surface area contributed by atoms with Crippen molar-refractivity contribution >= 4 is 23.2 Å². The molecule has 1 atom stereocenters. The van der Waals surface area contributed by atoms with Crippen molar-refractivity contribution in [2.24, 2.45) is 0 Å². The van der Waals surface area contributed by atoms with Gasteiger partial charge in [0.15, 0.2) is 0 Å². The van der Waals surface area contributed by atoms with E-state index in [0.717, 1.165) is 0 Å². The van der Waals surface area contributed by atoms with Gasteiger partial charge < -0.3 is 10.1 Å². The predicted octanol–water partition coefficient (Wildman–Crippen LogP) is 2.99. The van der Waals surface area contributed by atoms with Crippen LogP contribution in [0.3, 0.4) is 0 Å². The van der Waals surface area contributed by atoms with Crippen molar-refractivity contribution in [1.82, 2.24) is 9.97 Å². The second kappa shape index (κ2) is 4.87. The first-order valence-corrected chi connectivity index (χ1v) is 5.54. The zero-order valence-corrected chi connectivity index (χ0v) is 9.83. The number of nitrogens with one attached hydrogen (secondary N) is 1. The molecule has 1 aromatic heterocycles. The largest absolute Gasteiger partial charge is 0.388 e. The summed E-state index contributed by atoms with van der Waals surface area (Å²) in [6.07, 6.45) is 2.94. The predicted molar refractivity (Wildman–Crippen MR) is 63.7 cm³/mol. The SMILES string of the molecule is OC(Cc1ncc[nH]1)c1c(Cl)cccc1Cl. The van der Waals surface area contributed by atoms with Crippen molar-refractivity contribution in [2.75, 3.05) is 0 Å². The molecule has 0 aliphatic rings. The van der Waals surface area contributed by atoms with Gasteiger partial charge in [-0.25, -0.2) is 4.98 Å². The molecule has 1 unspecified atom stereocenters. The van der Waals surface area contributed by atoms with Crippen molar-refractivity contribution in [2.45, 2.75) is 12.5 Å². The molecule has 0 saturated carbocycles. The molecule has 2 aromatic rings. The van der Waals surface area contributed by atoms with Crippen LogP contribution in [-0.2, 0) is 6.42 Å². The van der Waals surface area contributed by atoms with Crippen LogP contribution in [0.1, 0.15) is 17.5 Å². The van der Waals surface area contributed by atoms with Gasteiger partial charge in [0.05, 0.1) is 6.10 Å². The minimum absolute atomic E-state index is 0.358. The number of benzene rings is 1. The topological polar surface area (TPSA) is 48.9 Å². The summed E-state index contributed by atoms with van der Waals surface area (Å²) >= 11 is 12.0. The van der Waals surface area contributed by atoms with Crippen LogP contribution < -0.4 is 0 Å². The molecule has 0 aliphatic heterocycles. The van der Waals surface area contributed by atoms with Gasteiger partial charge >= 0.3 is 0 Å². The van der Waals surface area contributed by atoms with Gasteiger partial charge in [0, 0.05) is 34.4 Å². The standard InChI is InChI=1S/C11H10Cl2N2O/c12-7-2-1-3-8(13)11(7)9(16)6-10-14-4-5-15-10/h1-5,9,16H,6H2,(H,14,15). The van der Waals surface area contributed by atoms with E-state index in [1.165, 1.54) is 0 Å². The van der Waals surface area contributed by atoms with Crippen LogP contribution in [0.5, 0.6) is 0 Å². The Labute approximate surface area is 103 Å². The molecule has 0 saturated heterocycles. The van der Waals surface area contributed by atoms with E-state index in [4.69, 9.17) is 23.2 Å². The average molecular weight is 257 g/mol. The number of aromatic nitrogens is 2. The molecule has 0 bridgehead atoms. The first-order chi connectivity index (χ1) is 7.68. The maximum absolute atomic E-state index is 10.0. The van der Waals surface area contributed by atoms with Crippen molar-refractivity contribution in [3.63, 3.8) is 0 Å². The van der Waals surface area contributed by atoms with Crippen LogP contribution in [0.2, 0.25) is 10.0 Å². The second-order valence-corrected chi connectivity index (χ2v) is 4.21. The smallest absolute Gasteiger partial charge is 0.108 e. The van der Waals surface area contributed by atoms with Crippen molar-refractivity contribution in [1.29, 1.82) is 0 Å². The maximum atomic E-state index is 10.0. The molecule has 84 valence electrons. The van der Waals surface area contributed by atoms with Crippen molar-refractivity contribution in [3.05, 3.63) is 52.0 Å². The Hall–Kier alpha value is -1.03. The number of nitrogens with zero attached hydrogens (tertiary/aromatic N) is 1. The normalized spacial score (nSPS) is 12.7. The number of rotatable bonds is 3. The summed E-state index contributed by atoms with van der Waals surface area (Å²) in [7, 11) is 0. The van der Waals surface area contributed by atoms with E-state index >= 15 is 0 Å². The average Bonchev–Trinajstić information content (AvgIpc) is 2.70. The lowest BCUT2D eigenvalue weighted by atomic mass is 10.1. The third-order valence-corrected chi connectivity index (χ3v) is 2.93. The van der Waals surface area contributed by atoms with E-state index < -0.39 is 6.10 Å². The van der Waals surface area contributed by atoms with E-state index in [2.05, 4.69) is 9.97 Å². The highest BCUT2D eigenvalue weighted by Gasteiger charge is 2.16. The Morgan fingerprint density at radius 1 is 1.31 bits per heavy atom. The highest BCUT2D eigenvalue weighted by atomic mass is 35.5. The zero-order valence-electron chi connectivity index (χ0n) is 8.32. The molecule has 16 heavy (non-hydrogen) atoms. The lowest BCUT2D eigenvalue weighted by Crippen LogP contribution is -2.04. The van der Waals surface area contributed by atoms with Gasteiger partial charge in [-0.2, -0.15) is 0 Å². The molecule has 0 spiro atoms. The third-order valence-electron chi connectivity index (χ3n) is 2.27. The molecule has 1 aromatic carbocycles. The quantitative estimate of drug-likeness (QED) is 0.887. The molecule has 5 heteroatoms. The number of halogens is 2. The molecule has 0 radical (unpaired) electrons. The van der Waals surface area contributed by atoms with Gasteiger partial charge in [0.2, 0.25) is 0 Å². The van der Waals surface area contributed by atoms with Gasteiger partial charge in [0.1, 0.15) is 5.82 Å². The van der Waals surface area contributed by atoms with Gasteiger partial charge in [-0.15, -0.1) is 0 Å². The molecule has 1 heterocycles. The Morgan fingerprint density at radius 2 is 2.00 bits per heavy atom. The van der Waals surface area contributed by atoms with E-state index in [9.17, 15) is 5.11 Å². The van der Waals surface area contributed by atoms with E-state index in [0.29, 0.717) is 27.9 Å². The van der Waals surface area contributed by atoms with Crippen LogP contribution in [-0.4, -0.2) is 15.1 Å². The molecular weight excluding hydrogens is 247 g/mol. The van der Waals surface area contributed by atoms with E-state index in [-0.39, 0.29) is 0 Å². The van der Waals surface area contributed by atoms with Gasteiger partial charge in [-0.1, -0.05) is 29.3 Å². The minimum atomic E-state index is -0.757. The number of aliphatic hydroxyl groups excluding tert-OH is 1. The summed E-state index contributed by atoms with van der Waals surface area (Å²) in [4.78, 5) is 6.96. The van der Waals surface area contributed by atoms with Crippen LogP contribution >= 0.6 is 23.2 Å². The fourth-order valence-electron chi connectivity index (χ4n) is 1.52. The maximum Gasteiger partial charge on any atom is 0.108 e. The fraction of sp³-hybridized carbons (Fsp3) is 0.182. The second-order valence-electron chi connectivity index (χ2n) is 3.39. The molecular formula is C11H10Cl2N2O. The van der Waals surface area contributed by atoms with Crippen LogP contribution in [0.25, 0.3) is 0 Å². The Bertz CT molecular complexity index is 451. The molecule has 2 N–H and O–H groups in total. The van der Waals surface area contributed by atoms with Crippen molar-refractivity contribution in [3.8, 4) is 0 Å². The number of hydrogen-bond donors (Lipinski definition) is 2. The Morgan fingerprint density at radius 3 is 2.56 bits per heavy atom. The summed E-state index contributed by atoms with van der Waals surface area (Å²) in [5.74, 6) is 0.698. The summed E-state index contributed by atoms with van der Waals surface area (Å²) in [6, 6.07) is 5.15. The number of H-pyrrole nitrogens is 1. The van der Waals surface area contributed by atoms with Gasteiger partial charge in [-0.3, -0.25) is 0 Å². The van der Waals surface area contributed by atoms with E-state index in [1.807, 2.05) is 0 Å². The summed E-state index contributed by atoms with van der Waals surface area (Å²) in [5, 5.41) is 11.0. The van der Waals surface area contributed by atoms with Crippen LogP contribution in [0.4, 0.5) is 0 Å². The number of imidazole rings is 1. The number of hydrogen-bond acceptors (Lipinski definition) is 2. The zero-order chi connectivity index (χ0) is 11.5. The summed E-state index contributed by atoms with van der Waals surface area (Å²) in [5.41, 5.74) is 0.544. The molecule has 0 fully saturated rings. The number of aliphatic hydroxyl groups is 1. The Kier molecular flexibility index (Phi) is 3.49. The van der Waals surface area contributed by atoms with Crippen LogP contribution in [0, 0.1) is 0 Å². The molecule has 2 rings (SSSR count). The lowest BCUT2D eigenvalue weighted by molar-refractivity contribution is 0.176. The van der Waals surface area contributed by atoms with Crippen LogP contribution in [0.15, 0.2) is 30.6 Å². The number of aromatic amines is 1. The first-order valence-electron chi connectivity index (χ1n) is 4.78. The monoisotopic (exact) mass is 256 g/mol. The first kappa shape index (κ1) is 11.5. The summed E-state index contributed by atoms with van der Waals surface area (Å²) in [6.45, 7) is 0. The van der Waals surface area contributed by atoms with Crippen molar-refractivity contribution < 1.29 is 5.11 Å². The fourth-order valence-corrected chi connectivity index (χ4v) is 2.17. The highest BCUT2D eigenvalue weighted by Crippen LogP contribution is 2.31.